The number of hydrogen-bond donors (Lipinski definition) is 0. The second kappa shape index (κ2) is 7.76. The lowest BCUT2D eigenvalue weighted by Gasteiger charge is -2.32. The number of hydrogen-bond acceptors (Lipinski definition) is 5. The van der Waals surface area contributed by atoms with Gasteiger partial charge in [-0.25, -0.2) is 8.42 Å². The van der Waals surface area contributed by atoms with Crippen LogP contribution in [0.15, 0.2) is 29.3 Å². The maximum absolute atomic E-state index is 13.7. The Labute approximate surface area is 182 Å². The Balaban J connectivity index is 1.74. The van der Waals surface area contributed by atoms with Crippen molar-refractivity contribution in [3.8, 4) is 0 Å². The number of aromatic nitrogens is 2. The molecule has 3 heterocycles. The van der Waals surface area contributed by atoms with Crippen LogP contribution in [0.25, 0.3) is 0 Å². The first-order valence-corrected chi connectivity index (χ1v) is 11.7. The van der Waals surface area contributed by atoms with Gasteiger partial charge in [-0.3, -0.25) is 14.3 Å². The highest BCUT2D eigenvalue weighted by atomic mass is 32.2. The van der Waals surface area contributed by atoms with Crippen LogP contribution >= 0.6 is 0 Å². The molecule has 0 N–H and O–H groups in total. The summed E-state index contributed by atoms with van der Waals surface area (Å²) in [5.74, 6) is -0.854. The number of carbonyl (C=O) groups excluding carboxylic acids is 2. The summed E-state index contributed by atoms with van der Waals surface area (Å²) in [5, 5.41) is 4.42. The minimum atomic E-state index is -3.90. The maximum atomic E-state index is 13.7. The van der Waals surface area contributed by atoms with E-state index < -0.39 is 15.9 Å². The van der Waals surface area contributed by atoms with Gasteiger partial charge in [0.1, 0.15) is 0 Å². The summed E-state index contributed by atoms with van der Waals surface area (Å²) < 4.78 is 30.3. The zero-order valence-electron chi connectivity index (χ0n) is 18.2. The number of likely N-dealkylation sites (N-methyl/N-ethyl adjacent to an activating group) is 1. The normalized spacial score (nSPS) is 19.5. The number of benzene rings is 1. The largest absolute Gasteiger partial charge is 0.348 e. The van der Waals surface area contributed by atoms with Gasteiger partial charge in [0.05, 0.1) is 16.5 Å². The highest BCUT2D eigenvalue weighted by Crippen LogP contribution is 2.34. The number of anilines is 1. The summed E-state index contributed by atoms with van der Waals surface area (Å²) >= 11 is 0. The van der Waals surface area contributed by atoms with Gasteiger partial charge in [-0.15, -0.1) is 0 Å². The SMILES string of the molecule is Cc1ccc(N2CCCC2=O)cc1S(=O)(=O)N1Cc2cn(C)nc2[C@H](C(=O)N(C)C)C1. The second-order valence-electron chi connectivity index (χ2n) is 8.39. The molecule has 1 saturated heterocycles. The van der Waals surface area contributed by atoms with E-state index in [-0.39, 0.29) is 29.8 Å². The van der Waals surface area contributed by atoms with Gasteiger partial charge < -0.3 is 9.80 Å². The first kappa shape index (κ1) is 21.5. The van der Waals surface area contributed by atoms with E-state index in [1.54, 1.807) is 62.0 Å². The Morgan fingerprint density at radius 2 is 2.00 bits per heavy atom. The molecule has 0 radical (unpaired) electrons. The molecule has 31 heavy (non-hydrogen) atoms. The third-order valence-corrected chi connectivity index (χ3v) is 7.87. The number of nitrogens with zero attached hydrogens (tertiary/aromatic N) is 5. The summed E-state index contributed by atoms with van der Waals surface area (Å²) in [4.78, 5) is 28.2. The summed E-state index contributed by atoms with van der Waals surface area (Å²) in [6, 6.07) is 5.09. The average Bonchev–Trinajstić information content (AvgIpc) is 3.31. The molecule has 4 rings (SSSR count). The minimum Gasteiger partial charge on any atom is -0.348 e. The number of aryl methyl sites for hydroxylation is 2. The van der Waals surface area contributed by atoms with E-state index in [0.717, 1.165) is 12.0 Å². The second-order valence-corrected chi connectivity index (χ2v) is 10.3. The lowest BCUT2D eigenvalue weighted by molar-refractivity contribution is -0.130. The zero-order chi connectivity index (χ0) is 22.5. The molecule has 0 bridgehead atoms. The zero-order valence-corrected chi connectivity index (χ0v) is 19.0. The predicted octanol–water partition coefficient (Wildman–Crippen LogP) is 1.23. The molecule has 1 aromatic carbocycles. The fourth-order valence-electron chi connectivity index (χ4n) is 4.30. The number of amides is 2. The van der Waals surface area contributed by atoms with Crippen LogP contribution in [0.5, 0.6) is 0 Å². The van der Waals surface area contributed by atoms with Crippen molar-refractivity contribution in [1.29, 1.82) is 0 Å². The Morgan fingerprint density at radius 1 is 1.26 bits per heavy atom. The molecule has 166 valence electrons. The average molecular weight is 446 g/mol. The van der Waals surface area contributed by atoms with Crippen LogP contribution in [-0.4, -0.2) is 66.4 Å². The Morgan fingerprint density at radius 3 is 2.65 bits per heavy atom. The van der Waals surface area contributed by atoms with E-state index in [1.807, 2.05) is 0 Å². The van der Waals surface area contributed by atoms with Crippen molar-refractivity contribution in [1.82, 2.24) is 19.0 Å². The summed E-state index contributed by atoms with van der Waals surface area (Å²) in [6.45, 7) is 2.50. The first-order valence-electron chi connectivity index (χ1n) is 10.2. The molecule has 9 nitrogen and oxygen atoms in total. The molecule has 1 atom stereocenters. The highest BCUT2D eigenvalue weighted by molar-refractivity contribution is 7.89. The third kappa shape index (κ3) is 3.74. The van der Waals surface area contributed by atoms with Crippen LogP contribution in [0.2, 0.25) is 0 Å². The van der Waals surface area contributed by atoms with Crippen LogP contribution in [0, 0.1) is 6.92 Å². The summed E-state index contributed by atoms with van der Waals surface area (Å²) in [5.41, 5.74) is 2.54. The van der Waals surface area contributed by atoms with E-state index in [0.29, 0.717) is 29.9 Å². The topological polar surface area (TPSA) is 95.8 Å². The monoisotopic (exact) mass is 445 g/mol. The first-order chi connectivity index (χ1) is 14.6. The van der Waals surface area contributed by atoms with Crippen LogP contribution < -0.4 is 4.90 Å². The van der Waals surface area contributed by atoms with Crippen molar-refractivity contribution in [2.24, 2.45) is 7.05 Å². The van der Waals surface area contributed by atoms with Gasteiger partial charge in [-0.05, 0) is 31.0 Å². The molecule has 1 aromatic heterocycles. The van der Waals surface area contributed by atoms with Gasteiger partial charge >= 0.3 is 0 Å². The van der Waals surface area contributed by atoms with Crippen LogP contribution in [0.4, 0.5) is 5.69 Å². The van der Waals surface area contributed by atoms with Crippen LogP contribution in [0.3, 0.4) is 0 Å². The van der Waals surface area contributed by atoms with E-state index in [4.69, 9.17) is 0 Å². The van der Waals surface area contributed by atoms with Crippen molar-refractivity contribution in [3.05, 3.63) is 41.2 Å². The fourth-order valence-corrected chi connectivity index (χ4v) is 5.98. The third-order valence-electron chi connectivity index (χ3n) is 5.91. The molecule has 0 saturated carbocycles. The standard InChI is InChI=1S/C21H27N5O4S/c1-14-7-8-16(26-9-5-6-19(26)27)10-18(14)31(29,30)25-12-15-11-24(4)22-20(15)17(13-25)21(28)23(2)3/h7-8,10-11,17H,5-6,9,12-13H2,1-4H3/t17-/m1/s1. The molecule has 0 aliphatic carbocycles. The van der Waals surface area contributed by atoms with Gasteiger partial charge in [-0.1, -0.05) is 6.07 Å². The molecule has 0 unspecified atom stereocenters. The van der Waals surface area contributed by atoms with Crippen molar-refractivity contribution < 1.29 is 18.0 Å². The lowest BCUT2D eigenvalue weighted by Crippen LogP contribution is -2.43. The minimum absolute atomic E-state index is 0.00168. The maximum Gasteiger partial charge on any atom is 0.243 e. The molecule has 2 aliphatic heterocycles. The Kier molecular flexibility index (Phi) is 5.38. The van der Waals surface area contributed by atoms with Gasteiger partial charge in [0, 0.05) is 64.6 Å². The molecular weight excluding hydrogens is 418 g/mol. The Hall–Kier alpha value is -2.72. The van der Waals surface area contributed by atoms with Crippen molar-refractivity contribution >= 4 is 27.5 Å². The van der Waals surface area contributed by atoms with Crippen LogP contribution in [-0.2, 0) is 33.2 Å². The van der Waals surface area contributed by atoms with Gasteiger partial charge in [0.2, 0.25) is 21.8 Å². The van der Waals surface area contributed by atoms with E-state index in [1.165, 1.54) is 9.21 Å². The smallest absolute Gasteiger partial charge is 0.243 e. The van der Waals surface area contributed by atoms with Gasteiger partial charge in [0.15, 0.2) is 0 Å². The molecule has 0 spiro atoms. The number of rotatable bonds is 4. The predicted molar refractivity (Wildman–Crippen MR) is 115 cm³/mol. The quantitative estimate of drug-likeness (QED) is 0.705. The number of carbonyl (C=O) groups is 2. The van der Waals surface area contributed by atoms with Crippen LogP contribution in [0.1, 0.15) is 35.6 Å². The van der Waals surface area contributed by atoms with Gasteiger partial charge in [0.25, 0.3) is 0 Å². The number of sulfonamides is 1. The molecule has 10 heteroatoms. The van der Waals surface area contributed by atoms with Gasteiger partial charge in [-0.2, -0.15) is 9.40 Å². The Bertz CT molecular complexity index is 1150. The molecule has 2 aromatic rings. The highest BCUT2D eigenvalue weighted by Gasteiger charge is 2.40. The molecule has 2 amide bonds. The molecular formula is C21H27N5O4S. The van der Waals surface area contributed by atoms with Crippen molar-refractivity contribution in [3.63, 3.8) is 0 Å². The molecule has 2 aliphatic rings. The van der Waals surface area contributed by atoms with E-state index in [9.17, 15) is 18.0 Å². The van der Waals surface area contributed by atoms with E-state index in [2.05, 4.69) is 5.10 Å². The number of fused-ring (bicyclic) bond motifs is 1. The van der Waals surface area contributed by atoms with Crippen molar-refractivity contribution in [2.45, 2.75) is 37.1 Å². The van der Waals surface area contributed by atoms with Crippen molar-refractivity contribution in [2.75, 3.05) is 32.1 Å². The summed E-state index contributed by atoms with van der Waals surface area (Å²) in [7, 11) is 1.16. The summed E-state index contributed by atoms with van der Waals surface area (Å²) in [6.07, 6.45) is 3.00. The lowest BCUT2D eigenvalue weighted by atomic mass is 9.97. The molecule has 1 fully saturated rings. The van der Waals surface area contributed by atoms with E-state index >= 15 is 0 Å². The fraction of sp³-hybridized carbons (Fsp3) is 0.476.